The Balaban J connectivity index is 1.58. The molecule has 1 aliphatic heterocycles. The molecule has 1 fully saturated rings. The second-order valence-corrected chi connectivity index (χ2v) is 6.72. The maximum atomic E-state index is 12.2. The summed E-state index contributed by atoms with van der Waals surface area (Å²) >= 11 is 0. The van der Waals surface area contributed by atoms with Crippen molar-refractivity contribution in [2.75, 3.05) is 20.3 Å². The number of aliphatic hydroxyl groups excluding tert-OH is 2. The summed E-state index contributed by atoms with van der Waals surface area (Å²) in [6.45, 7) is -0.179. The summed E-state index contributed by atoms with van der Waals surface area (Å²) in [5.74, 6) is -0.583. The Hall–Kier alpha value is -2.74. The summed E-state index contributed by atoms with van der Waals surface area (Å²) in [5.41, 5.74) is 0.385. The predicted molar refractivity (Wildman–Crippen MR) is 95.7 cm³/mol. The molecule has 1 aromatic heterocycles. The van der Waals surface area contributed by atoms with Crippen LogP contribution in [0.5, 0.6) is 5.75 Å². The van der Waals surface area contributed by atoms with Crippen LogP contribution in [0.4, 0.5) is 13.2 Å². The SMILES string of the molecule is COCC(=O)NCC1OC(Cc2nc(-c3ccc(OC(F)(F)F)cc3)no2)C(O)C1O. The molecule has 1 saturated heterocycles. The highest BCUT2D eigenvalue weighted by Crippen LogP contribution is 2.27. The number of alkyl halides is 3. The molecule has 0 spiro atoms. The number of benzene rings is 1. The van der Waals surface area contributed by atoms with Crippen LogP contribution in [-0.2, 0) is 20.7 Å². The number of carbonyl (C=O) groups excluding carboxylic acids is 1. The molecule has 4 unspecified atom stereocenters. The van der Waals surface area contributed by atoms with Gasteiger partial charge in [-0.15, -0.1) is 13.2 Å². The van der Waals surface area contributed by atoms with Gasteiger partial charge in [0, 0.05) is 19.2 Å². The Labute approximate surface area is 173 Å². The Bertz CT molecular complexity index is 875. The third-order valence-electron chi connectivity index (χ3n) is 4.43. The monoisotopic (exact) mass is 447 g/mol. The van der Waals surface area contributed by atoms with E-state index in [9.17, 15) is 28.2 Å². The summed E-state index contributed by atoms with van der Waals surface area (Å²) in [7, 11) is 1.36. The number of carbonyl (C=O) groups is 1. The van der Waals surface area contributed by atoms with Gasteiger partial charge in [0.15, 0.2) is 0 Å². The van der Waals surface area contributed by atoms with E-state index in [-0.39, 0.29) is 37.0 Å². The van der Waals surface area contributed by atoms with Crippen molar-refractivity contribution in [1.29, 1.82) is 0 Å². The molecular formula is C18H20F3N3O7. The molecule has 2 heterocycles. The molecule has 2 aromatic rings. The number of rotatable bonds is 8. The molecule has 1 aromatic carbocycles. The van der Waals surface area contributed by atoms with Gasteiger partial charge in [0.05, 0.1) is 12.5 Å². The molecule has 0 saturated carbocycles. The number of hydrogen-bond acceptors (Lipinski definition) is 9. The molecule has 13 heteroatoms. The number of halogens is 3. The summed E-state index contributed by atoms with van der Waals surface area (Å²) in [6, 6.07) is 4.89. The van der Waals surface area contributed by atoms with Crippen LogP contribution in [0.2, 0.25) is 0 Å². The molecule has 10 nitrogen and oxygen atoms in total. The van der Waals surface area contributed by atoms with Crippen LogP contribution in [0.3, 0.4) is 0 Å². The largest absolute Gasteiger partial charge is 0.573 e. The normalized spacial score (nSPS) is 23.7. The van der Waals surface area contributed by atoms with Crippen molar-refractivity contribution >= 4 is 5.91 Å². The van der Waals surface area contributed by atoms with Gasteiger partial charge < -0.3 is 34.3 Å². The first-order valence-corrected chi connectivity index (χ1v) is 9.12. The first-order valence-electron chi connectivity index (χ1n) is 9.12. The lowest BCUT2D eigenvalue weighted by atomic mass is 10.1. The van der Waals surface area contributed by atoms with E-state index in [1.54, 1.807) is 0 Å². The quantitative estimate of drug-likeness (QED) is 0.526. The lowest BCUT2D eigenvalue weighted by molar-refractivity contribution is -0.274. The van der Waals surface area contributed by atoms with E-state index in [0.717, 1.165) is 12.1 Å². The molecule has 0 aliphatic carbocycles. The van der Waals surface area contributed by atoms with E-state index >= 15 is 0 Å². The van der Waals surface area contributed by atoms with Crippen LogP contribution in [0, 0.1) is 0 Å². The van der Waals surface area contributed by atoms with Gasteiger partial charge in [-0.1, -0.05) is 5.16 Å². The standard InChI is InChI=1S/C18H20F3N3O7/c1-28-8-13(25)22-7-12-16(27)15(26)11(29-12)6-14-23-17(24-31-14)9-2-4-10(5-3-9)30-18(19,20)21/h2-5,11-12,15-16,26-27H,6-8H2,1H3,(H,22,25). The number of nitrogens with zero attached hydrogens (tertiary/aromatic N) is 2. The van der Waals surface area contributed by atoms with E-state index < -0.39 is 36.7 Å². The molecule has 0 bridgehead atoms. The fourth-order valence-electron chi connectivity index (χ4n) is 2.99. The van der Waals surface area contributed by atoms with Crippen LogP contribution in [-0.4, -0.2) is 77.3 Å². The molecule has 0 radical (unpaired) electrons. The number of amides is 1. The van der Waals surface area contributed by atoms with Gasteiger partial charge in [-0.05, 0) is 24.3 Å². The first kappa shape index (κ1) is 22.9. The fraction of sp³-hybridized carbons (Fsp3) is 0.500. The number of nitrogens with one attached hydrogen (secondary N) is 1. The summed E-state index contributed by atoms with van der Waals surface area (Å²) in [4.78, 5) is 15.6. The zero-order valence-corrected chi connectivity index (χ0v) is 16.2. The zero-order valence-electron chi connectivity index (χ0n) is 16.2. The van der Waals surface area contributed by atoms with E-state index in [0.29, 0.717) is 5.56 Å². The average molecular weight is 447 g/mol. The van der Waals surface area contributed by atoms with E-state index in [4.69, 9.17) is 9.26 Å². The van der Waals surface area contributed by atoms with Gasteiger partial charge in [-0.3, -0.25) is 4.79 Å². The number of methoxy groups -OCH3 is 1. The highest BCUT2D eigenvalue weighted by molar-refractivity contribution is 5.77. The fourth-order valence-corrected chi connectivity index (χ4v) is 2.99. The molecule has 1 aliphatic rings. The van der Waals surface area contributed by atoms with Crippen molar-refractivity contribution in [2.24, 2.45) is 0 Å². The maximum absolute atomic E-state index is 12.2. The third-order valence-corrected chi connectivity index (χ3v) is 4.43. The smallest absolute Gasteiger partial charge is 0.406 e. The van der Waals surface area contributed by atoms with Crippen LogP contribution < -0.4 is 10.1 Å². The van der Waals surface area contributed by atoms with E-state index in [2.05, 4.69) is 24.9 Å². The van der Waals surface area contributed by atoms with Crippen molar-refractivity contribution in [3.8, 4) is 17.1 Å². The lowest BCUT2D eigenvalue weighted by Crippen LogP contribution is -2.40. The molecule has 3 N–H and O–H groups in total. The van der Waals surface area contributed by atoms with Crippen molar-refractivity contribution < 1.29 is 46.9 Å². The Morgan fingerprint density at radius 3 is 2.52 bits per heavy atom. The average Bonchev–Trinajstić information content (AvgIpc) is 3.27. The van der Waals surface area contributed by atoms with Crippen molar-refractivity contribution in [3.63, 3.8) is 0 Å². The summed E-state index contributed by atoms with van der Waals surface area (Å²) in [5, 5.41) is 26.6. The summed E-state index contributed by atoms with van der Waals surface area (Å²) in [6.07, 6.45) is -9.02. The van der Waals surface area contributed by atoms with Crippen molar-refractivity contribution in [3.05, 3.63) is 30.2 Å². The minimum absolute atomic E-state index is 0.0248. The maximum Gasteiger partial charge on any atom is 0.573 e. The van der Waals surface area contributed by atoms with Crippen molar-refractivity contribution in [1.82, 2.24) is 15.5 Å². The Morgan fingerprint density at radius 1 is 1.19 bits per heavy atom. The topological polar surface area (TPSA) is 136 Å². The van der Waals surface area contributed by atoms with Gasteiger partial charge in [0.25, 0.3) is 0 Å². The number of hydrogen-bond donors (Lipinski definition) is 3. The van der Waals surface area contributed by atoms with Gasteiger partial charge in [-0.25, -0.2) is 0 Å². The second kappa shape index (κ2) is 9.60. The first-order chi connectivity index (χ1) is 14.7. The number of aromatic nitrogens is 2. The highest BCUT2D eigenvalue weighted by atomic mass is 19.4. The molecule has 1 amide bonds. The van der Waals surface area contributed by atoms with Crippen LogP contribution in [0.15, 0.2) is 28.8 Å². The molecule has 170 valence electrons. The van der Waals surface area contributed by atoms with Crippen LogP contribution >= 0.6 is 0 Å². The summed E-state index contributed by atoms with van der Waals surface area (Å²) < 4.78 is 55.9. The minimum Gasteiger partial charge on any atom is -0.406 e. The molecule has 4 atom stereocenters. The predicted octanol–water partition coefficient (Wildman–Crippen LogP) is 0.429. The molecule has 31 heavy (non-hydrogen) atoms. The molecule has 3 rings (SSSR count). The lowest BCUT2D eigenvalue weighted by Gasteiger charge is -2.15. The van der Waals surface area contributed by atoms with Gasteiger partial charge >= 0.3 is 6.36 Å². The number of ether oxygens (including phenoxy) is 3. The van der Waals surface area contributed by atoms with Crippen molar-refractivity contribution in [2.45, 2.75) is 37.2 Å². The Kier molecular flexibility index (Phi) is 7.10. The molecular weight excluding hydrogens is 427 g/mol. The van der Waals surface area contributed by atoms with Crippen LogP contribution in [0.1, 0.15) is 5.89 Å². The Morgan fingerprint density at radius 2 is 1.87 bits per heavy atom. The second-order valence-electron chi connectivity index (χ2n) is 6.72. The van der Waals surface area contributed by atoms with Gasteiger partial charge in [-0.2, -0.15) is 4.98 Å². The van der Waals surface area contributed by atoms with Crippen LogP contribution in [0.25, 0.3) is 11.4 Å². The third kappa shape index (κ3) is 6.13. The zero-order chi connectivity index (χ0) is 22.6. The minimum atomic E-state index is -4.79. The van der Waals surface area contributed by atoms with Gasteiger partial charge in [0.2, 0.25) is 17.6 Å². The van der Waals surface area contributed by atoms with Gasteiger partial charge in [0.1, 0.15) is 30.7 Å². The van der Waals surface area contributed by atoms with E-state index in [1.165, 1.54) is 19.2 Å². The number of aliphatic hydroxyl groups is 2. The van der Waals surface area contributed by atoms with E-state index in [1.807, 2.05) is 0 Å². The highest BCUT2D eigenvalue weighted by Gasteiger charge is 2.43.